The Morgan fingerprint density at radius 1 is 1.61 bits per heavy atom. The molecule has 0 saturated carbocycles. The van der Waals surface area contributed by atoms with Crippen molar-refractivity contribution < 1.29 is 19.9 Å². The number of nitrogens with one attached hydrogen (secondary N) is 1. The number of hydrogen-bond donors (Lipinski definition) is 3. The standard InChI is InChI=1S/C10H15N3O5/c1-10(15,6-14)5-11-9-7(13(16)17)3-4-8(12-9)18-2/h3-4,14-15H,5-6H2,1-2H3,(H,11,12). The van der Waals surface area contributed by atoms with E-state index in [4.69, 9.17) is 9.84 Å². The smallest absolute Gasteiger partial charge is 0.311 e. The summed E-state index contributed by atoms with van der Waals surface area (Å²) in [6, 6.07) is 2.62. The molecule has 100 valence electrons. The van der Waals surface area contributed by atoms with Gasteiger partial charge in [-0.15, -0.1) is 0 Å². The summed E-state index contributed by atoms with van der Waals surface area (Å²) in [5, 5.41) is 31.9. The average Bonchev–Trinajstić information content (AvgIpc) is 2.36. The molecule has 8 nitrogen and oxygen atoms in total. The lowest BCUT2D eigenvalue weighted by molar-refractivity contribution is -0.384. The van der Waals surface area contributed by atoms with Gasteiger partial charge < -0.3 is 20.3 Å². The van der Waals surface area contributed by atoms with Gasteiger partial charge in [-0.2, -0.15) is 4.98 Å². The van der Waals surface area contributed by atoms with Crippen LogP contribution in [0.3, 0.4) is 0 Å². The van der Waals surface area contributed by atoms with E-state index in [0.717, 1.165) is 0 Å². The minimum atomic E-state index is -1.39. The predicted molar refractivity (Wildman–Crippen MR) is 63.6 cm³/mol. The number of aliphatic hydroxyl groups excluding tert-OH is 1. The predicted octanol–water partition coefficient (Wildman–Crippen LogP) is 0.154. The van der Waals surface area contributed by atoms with Crippen molar-refractivity contribution in [3.8, 4) is 5.88 Å². The zero-order valence-corrected chi connectivity index (χ0v) is 10.1. The van der Waals surface area contributed by atoms with Crippen LogP contribution in [0.1, 0.15) is 6.92 Å². The molecule has 1 aromatic heterocycles. The Morgan fingerprint density at radius 3 is 2.78 bits per heavy atom. The molecular weight excluding hydrogens is 242 g/mol. The van der Waals surface area contributed by atoms with Gasteiger partial charge in [0.2, 0.25) is 11.7 Å². The molecule has 0 fully saturated rings. The SMILES string of the molecule is COc1ccc([N+](=O)[O-])c(NCC(C)(O)CO)n1. The largest absolute Gasteiger partial charge is 0.481 e. The molecule has 1 rings (SSSR count). The second-order valence-electron chi connectivity index (χ2n) is 3.99. The highest BCUT2D eigenvalue weighted by Crippen LogP contribution is 2.25. The van der Waals surface area contributed by atoms with E-state index in [0.29, 0.717) is 0 Å². The van der Waals surface area contributed by atoms with Crippen molar-refractivity contribution >= 4 is 11.5 Å². The van der Waals surface area contributed by atoms with Gasteiger partial charge in [-0.05, 0) is 6.92 Å². The fourth-order valence-corrected chi connectivity index (χ4v) is 1.16. The van der Waals surface area contributed by atoms with Crippen molar-refractivity contribution in [3.63, 3.8) is 0 Å². The van der Waals surface area contributed by atoms with Crippen LogP contribution in [0.5, 0.6) is 5.88 Å². The highest BCUT2D eigenvalue weighted by atomic mass is 16.6. The number of aliphatic hydroxyl groups is 2. The number of aromatic nitrogens is 1. The Morgan fingerprint density at radius 2 is 2.28 bits per heavy atom. The molecule has 18 heavy (non-hydrogen) atoms. The van der Waals surface area contributed by atoms with Gasteiger partial charge in [0.05, 0.1) is 18.6 Å². The molecule has 1 unspecified atom stereocenters. The van der Waals surface area contributed by atoms with Crippen LogP contribution in [0, 0.1) is 10.1 Å². The van der Waals surface area contributed by atoms with Gasteiger partial charge >= 0.3 is 5.69 Å². The van der Waals surface area contributed by atoms with E-state index in [1.807, 2.05) is 0 Å². The number of methoxy groups -OCH3 is 1. The minimum Gasteiger partial charge on any atom is -0.481 e. The van der Waals surface area contributed by atoms with Crippen LogP contribution >= 0.6 is 0 Å². The Hall–Kier alpha value is -1.93. The summed E-state index contributed by atoms with van der Waals surface area (Å²) >= 11 is 0. The maximum Gasteiger partial charge on any atom is 0.311 e. The maximum atomic E-state index is 10.8. The normalized spacial score (nSPS) is 13.8. The van der Waals surface area contributed by atoms with Crippen LogP contribution in [0.15, 0.2) is 12.1 Å². The molecule has 0 spiro atoms. The number of anilines is 1. The van der Waals surface area contributed by atoms with Crippen molar-refractivity contribution in [2.45, 2.75) is 12.5 Å². The fourth-order valence-electron chi connectivity index (χ4n) is 1.16. The molecule has 0 aliphatic rings. The second-order valence-corrected chi connectivity index (χ2v) is 3.99. The van der Waals surface area contributed by atoms with Gasteiger partial charge in [-0.25, -0.2) is 0 Å². The zero-order chi connectivity index (χ0) is 13.8. The lowest BCUT2D eigenvalue weighted by Gasteiger charge is -2.20. The summed E-state index contributed by atoms with van der Waals surface area (Å²) in [6.07, 6.45) is 0. The molecule has 1 aromatic rings. The van der Waals surface area contributed by atoms with Gasteiger partial charge in [0.25, 0.3) is 0 Å². The van der Waals surface area contributed by atoms with E-state index < -0.39 is 17.1 Å². The van der Waals surface area contributed by atoms with Crippen molar-refractivity contribution in [3.05, 3.63) is 22.2 Å². The highest BCUT2D eigenvalue weighted by Gasteiger charge is 2.22. The summed E-state index contributed by atoms with van der Waals surface area (Å²) in [6.45, 7) is 0.842. The molecule has 0 saturated heterocycles. The van der Waals surface area contributed by atoms with Crippen LogP contribution in [-0.2, 0) is 0 Å². The topological polar surface area (TPSA) is 118 Å². The molecule has 1 heterocycles. The lowest BCUT2D eigenvalue weighted by atomic mass is 10.1. The van der Waals surface area contributed by atoms with Crippen molar-refractivity contribution in [2.75, 3.05) is 25.6 Å². The van der Waals surface area contributed by atoms with Crippen LogP contribution in [-0.4, -0.2) is 46.0 Å². The van der Waals surface area contributed by atoms with E-state index in [1.165, 1.54) is 26.2 Å². The first kappa shape index (κ1) is 14.1. The summed E-state index contributed by atoms with van der Waals surface area (Å²) in [7, 11) is 1.39. The van der Waals surface area contributed by atoms with Crippen molar-refractivity contribution in [1.29, 1.82) is 0 Å². The third-order valence-electron chi connectivity index (χ3n) is 2.23. The molecule has 1 atom stereocenters. The minimum absolute atomic E-state index is 0.0203. The van der Waals surface area contributed by atoms with Crippen molar-refractivity contribution in [1.82, 2.24) is 4.98 Å². The summed E-state index contributed by atoms with van der Waals surface area (Å²) < 4.78 is 4.86. The molecule has 0 amide bonds. The van der Waals surface area contributed by atoms with Crippen molar-refractivity contribution in [2.24, 2.45) is 0 Å². The van der Waals surface area contributed by atoms with E-state index in [-0.39, 0.29) is 23.9 Å². The number of nitrogens with zero attached hydrogens (tertiary/aromatic N) is 2. The lowest BCUT2D eigenvalue weighted by Crippen LogP contribution is -2.37. The molecule has 0 bridgehead atoms. The molecule has 0 aliphatic carbocycles. The van der Waals surface area contributed by atoms with E-state index in [9.17, 15) is 15.2 Å². The monoisotopic (exact) mass is 257 g/mol. The van der Waals surface area contributed by atoms with Gasteiger partial charge in [0.15, 0.2) is 0 Å². The third kappa shape index (κ3) is 3.54. The number of ether oxygens (including phenoxy) is 1. The Labute approximate surface area is 103 Å². The molecular formula is C10H15N3O5. The second kappa shape index (κ2) is 5.61. The summed E-state index contributed by atoms with van der Waals surface area (Å²) in [4.78, 5) is 14.1. The summed E-state index contributed by atoms with van der Waals surface area (Å²) in [5.41, 5.74) is -1.62. The molecule has 0 aliphatic heterocycles. The number of nitro groups is 1. The van der Waals surface area contributed by atoms with Crippen LogP contribution in [0.4, 0.5) is 11.5 Å². The Balaban J connectivity index is 2.94. The maximum absolute atomic E-state index is 10.8. The number of rotatable bonds is 6. The van der Waals surface area contributed by atoms with Crippen LogP contribution in [0.25, 0.3) is 0 Å². The first-order valence-electron chi connectivity index (χ1n) is 5.16. The molecule has 8 heteroatoms. The average molecular weight is 257 g/mol. The van der Waals surface area contributed by atoms with Gasteiger partial charge in [-0.3, -0.25) is 10.1 Å². The van der Waals surface area contributed by atoms with Crippen LogP contribution in [0.2, 0.25) is 0 Å². The quantitative estimate of drug-likeness (QED) is 0.490. The molecule has 0 aromatic carbocycles. The fraction of sp³-hybridized carbons (Fsp3) is 0.500. The van der Waals surface area contributed by atoms with Gasteiger partial charge in [0, 0.05) is 18.7 Å². The van der Waals surface area contributed by atoms with Crippen LogP contribution < -0.4 is 10.1 Å². The molecule has 3 N–H and O–H groups in total. The van der Waals surface area contributed by atoms with E-state index in [1.54, 1.807) is 0 Å². The first-order valence-corrected chi connectivity index (χ1v) is 5.16. The Kier molecular flexibility index (Phi) is 4.40. The Bertz CT molecular complexity index is 436. The van der Waals surface area contributed by atoms with E-state index >= 15 is 0 Å². The number of pyridine rings is 1. The number of hydrogen-bond acceptors (Lipinski definition) is 7. The summed E-state index contributed by atoms with van der Waals surface area (Å²) in [5.74, 6) is 0.194. The van der Waals surface area contributed by atoms with Gasteiger partial charge in [0.1, 0.15) is 5.60 Å². The van der Waals surface area contributed by atoms with Gasteiger partial charge in [-0.1, -0.05) is 0 Å². The third-order valence-corrected chi connectivity index (χ3v) is 2.23. The molecule has 0 radical (unpaired) electrons. The van der Waals surface area contributed by atoms with E-state index in [2.05, 4.69) is 10.3 Å². The zero-order valence-electron chi connectivity index (χ0n) is 10.1. The highest BCUT2D eigenvalue weighted by molar-refractivity contribution is 5.57. The first-order chi connectivity index (χ1) is 8.39.